The molecule has 0 fully saturated rings. The second-order valence-corrected chi connectivity index (χ2v) is 8.41. The average Bonchev–Trinajstić information content (AvgIpc) is 3.11. The number of hydrogen-bond donors (Lipinski definition) is 3. The number of carboxylic acid groups (broad SMARTS) is 1. The second kappa shape index (κ2) is 11.6. The van der Waals surface area contributed by atoms with E-state index in [1.807, 2.05) is 45.0 Å². The van der Waals surface area contributed by atoms with E-state index in [-0.39, 0.29) is 6.17 Å². The molecule has 184 valence electrons. The molecule has 0 saturated carbocycles. The molecule has 0 spiro atoms. The van der Waals surface area contributed by atoms with Crippen molar-refractivity contribution in [3.05, 3.63) is 81.8 Å². The second-order valence-electron chi connectivity index (χ2n) is 8.00. The van der Waals surface area contributed by atoms with E-state index in [4.69, 9.17) is 16.0 Å². The fourth-order valence-electron chi connectivity index (χ4n) is 3.76. The van der Waals surface area contributed by atoms with Crippen molar-refractivity contribution < 1.29 is 14.3 Å². The van der Waals surface area contributed by atoms with Crippen LogP contribution in [0.4, 0.5) is 11.4 Å². The number of nitrogens with one attached hydrogen (secondary N) is 2. The summed E-state index contributed by atoms with van der Waals surface area (Å²) in [7, 11) is 0. The first-order valence-electron chi connectivity index (χ1n) is 11.2. The van der Waals surface area contributed by atoms with Gasteiger partial charge < -0.3 is 20.2 Å². The third-order valence-corrected chi connectivity index (χ3v) is 5.59. The summed E-state index contributed by atoms with van der Waals surface area (Å²) in [5.74, 6) is -1.39. The van der Waals surface area contributed by atoms with Crippen LogP contribution in [0.2, 0.25) is 0 Å². The van der Waals surface area contributed by atoms with Gasteiger partial charge in [-0.3, -0.25) is 9.36 Å². The molecule has 0 saturated heterocycles. The number of fused-ring (bicyclic) bond motifs is 6. The van der Waals surface area contributed by atoms with Gasteiger partial charge in [0, 0.05) is 11.4 Å². The monoisotopic (exact) mass is 496 g/mol. The minimum absolute atomic E-state index is 0.274. The highest BCUT2D eigenvalue weighted by Crippen LogP contribution is 2.27. The van der Waals surface area contributed by atoms with Crippen molar-refractivity contribution in [1.29, 1.82) is 0 Å². The smallest absolute Gasteiger partial charge is 0.420 e. The van der Waals surface area contributed by atoms with E-state index in [1.165, 1.54) is 0 Å². The molecule has 9 heteroatoms. The lowest BCUT2D eigenvalue weighted by Gasteiger charge is -2.16. The molecule has 1 aliphatic heterocycles. The summed E-state index contributed by atoms with van der Waals surface area (Å²) >= 11 is 6.42. The molecule has 3 N–H and O–H groups in total. The molecule has 3 aromatic rings. The lowest BCUT2D eigenvalue weighted by molar-refractivity contribution is -0.137. The SMILES string of the molecule is C/C=C(Cl)\C1=N/C(C)Nc2cccc(c2)CCc2cc(cc3c2oc(=O)n3CC(=O)O)N1.C=CC. The molecule has 1 unspecified atom stereocenters. The van der Waals surface area contributed by atoms with E-state index < -0.39 is 18.3 Å². The molecule has 2 heterocycles. The molecule has 4 bridgehead atoms. The Balaban J connectivity index is 0.00000108. The zero-order valence-corrected chi connectivity index (χ0v) is 20.7. The molecule has 1 atom stereocenters. The quantitative estimate of drug-likeness (QED) is 0.420. The van der Waals surface area contributed by atoms with Gasteiger partial charge in [0.15, 0.2) is 5.58 Å². The Bertz CT molecular complexity index is 1350. The van der Waals surface area contributed by atoms with E-state index in [0.29, 0.717) is 40.5 Å². The summed E-state index contributed by atoms with van der Waals surface area (Å²) < 4.78 is 6.58. The summed E-state index contributed by atoms with van der Waals surface area (Å²) in [4.78, 5) is 28.4. The molecule has 0 radical (unpaired) electrons. The van der Waals surface area contributed by atoms with Crippen molar-refractivity contribution in [3.8, 4) is 0 Å². The van der Waals surface area contributed by atoms with Crippen LogP contribution in [-0.4, -0.2) is 27.6 Å². The third kappa shape index (κ3) is 6.42. The number of rotatable bonds is 3. The van der Waals surface area contributed by atoms with Gasteiger partial charge in [-0.15, -0.1) is 6.58 Å². The van der Waals surface area contributed by atoms with E-state index in [9.17, 15) is 14.7 Å². The number of carbonyl (C=O) groups is 1. The zero-order chi connectivity index (χ0) is 25.5. The molecule has 35 heavy (non-hydrogen) atoms. The number of anilines is 2. The van der Waals surface area contributed by atoms with Crippen molar-refractivity contribution in [2.24, 2.45) is 4.99 Å². The molecule has 0 aliphatic carbocycles. The fourth-order valence-corrected chi connectivity index (χ4v) is 3.86. The maximum absolute atomic E-state index is 12.4. The molecule has 1 aliphatic rings. The highest BCUT2D eigenvalue weighted by Gasteiger charge is 2.18. The Morgan fingerprint density at radius 1 is 1.29 bits per heavy atom. The number of halogens is 1. The summed E-state index contributed by atoms with van der Waals surface area (Å²) in [5.41, 5.74) is 4.25. The number of oxazole rings is 1. The number of allylic oxidation sites excluding steroid dienone is 2. The normalized spacial score (nSPS) is 17.2. The Labute approximate surface area is 208 Å². The van der Waals surface area contributed by atoms with Crippen LogP contribution in [-0.2, 0) is 24.2 Å². The number of hydrogen-bond acceptors (Lipinski definition) is 6. The van der Waals surface area contributed by atoms with Gasteiger partial charge in [-0.25, -0.2) is 9.79 Å². The van der Waals surface area contributed by atoms with E-state index in [1.54, 1.807) is 18.2 Å². The third-order valence-electron chi connectivity index (χ3n) is 5.19. The van der Waals surface area contributed by atoms with Crippen LogP contribution in [0.25, 0.3) is 11.1 Å². The van der Waals surface area contributed by atoms with Crippen molar-refractivity contribution in [2.45, 2.75) is 46.3 Å². The van der Waals surface area contributed by atoms with Crippen LogP contribution >= 0.6 is 11.6 Å². The first kappa shape index (κ1) is 25.8. The molecule has 2 aromatic carbocycles. The van der Waals surface area contributed by atoms with Crippen LogP contribution in [0, 0.1) is 0 Å². The maximum Gasteiger partial charge on any atom is 0.420 e. The topological polar surface area (TPSA) is 109 Å². The minimum Gasteiger partial charge on any atom is -0.480 e. The van der Waals surface area contributed by atoms with Gasteiger partial charge >= 0.3 is 11.7 Å². The number of aliphatic imine (C=N–C) groups is 1. The van der Waals surface area contributed by atoms with Crippen molar-refractivity contribution in [2.75, 3.05) is 10.6 Å². The molecule has 8 nitrogen and oxygen atoms in total. The van der Waals surface area contributed by atoms with Crippen LogP contribution in [0.5, 0.6) is 0 Å². The number of aliphatic carboxylic acids is 1. The number of carboxylic acids is 1. The number of amidine groups is 1. The first-order chi connectivity index (χ1) is 16.7. The Kier molecular flexibility index (Phi) is 8.54. The van der Waals surface area contributed by atoms with Gasteiger partial charge in [0.25, 0.3) is 0 Å². The predicted molar refractivity (Wildman–Crippen MR) is 142 cm³/mol. The summed E-state index contributed by atoms with van der Waals surface area (Å²) in [6.07, 6.45) is 4.51. The molecular weight excluding hydrogens is 468 g/mol. The van der Waals surface area contributed by atoms with E-state index >= 15 is 0 Å². The van der Waals surface area contributed by atoms with Crippen molar-refractivity contribution in [1.82, 2.24) is 4.57 Å². The molecule has 1 aromatic heterocycles. The van der Waals surface area contributed by atoms with Crippen molar-refractivity contribution >= 4 is 45.9 Å². The summed E-state index contributed by atoms with van der Waals surface area (Å²) in [6, 6.07) is 11.6. The molecule has 0 amide bonds. The molecule has 4 rings (SSSR count). The van der Waals surface area contributed by atoms with E-state index in [2.05, 4.69) is 28.3 Å². The standard InChI is InChI=1S/C23H23ClN4O4.C3H6/c1-3-18(24)22-26-13(2)25-16-6-4-5-14(9-16)7-8-15-10-17(27-22)11-19-21(15)32-23(31)28(19)12-20(29)30;1-3-2/h3-6,9-11,13,25H,7-8,12H2,1-2H3,(H,26,27)(H,29,30);3H,1H2,2H3/b18-3+;. The number of aryl methyl sites for hydroxylation is 2. The van der Waals surface area contributed by atoms with Gasteiger partial charge in [0.05, 0.1) is 10.5 Å². The van der Waals surface area contributed by atoms with Gasteiger partial charge in [-0.2, -0.15) is 0 Å². The number of benzene rings is 2. The average molecular weight is 497 g/mol. The van der Waals surface area contributed by atoms with Crippen LogP contribution in [0.3, 0.4) is 0 Å². The van der Waals surface area contributed by atoms with Crippen LogP contribution < -0.4 is 16.4 Å². The number of aromatic nitrogens is 1. The zero-order valence-electron chi connectivity index (χ0n) is 20.0. The van der Waals surface area contributed by atoms with Crippen LogP contribution in [0.15, 0.2) is 74.4 Å². The van der Waals surface area contributed by atoms with Crippen molar-refractivity contribution in [3.63, 3.8) is 0 Å². The van der Waals surface area contributed by atoms with Gasteiger partial charge in [-0.05, 0) is 69.0 Å². The predicted octanol–water partition coefficient (Wildman–Crippen LogP) is 5.38. The van der Waals surface area contributed by atoms with Gasteiger partial charge in [-0.1, -0.05) is 35.9 Å². The maximum atomic E-state index is 12.4. The Morgan fingerprint density at radius 2 is 2.03 bits per heavy atom. The highest BCUT2D eigenvalue weighted by atomic mass is 35.5. The lowest BCUT2D eigenvalue weighted by Crippen LogP contribution is -2.21. The lowest BCUT2D eigenvalue weighted by atomic mass is 10.0. The highest BCUT2D eigenvalue weighted by molar-refractivity contribution is 6.45. The van der Waals surface area contributed by atoms with Crippen LogP contribution in [0.1, 0.15) is 31.9 Å². The first-order valence-corrected chi connectivity index (χ1v) is 11.6. The van der Waals surface area contributed by atoms with E-state index in [0.717, 1.165) is 21.4 Å². The van der Waals surface area contributed by atoms with Gasteiger partial charge in [0.1, 0.15) is 18.5 Å². The fraction of sp³-hybridized carbons (Fsp3) is 0.269. The summed E-state index contributed by atoms with van der Waals surface area (Å²) in [6.45, 7) is 8.49. The Hall–Kier alpha value is -3.78. The summed E-state index contributed by atoms with van der Waals surface area (Å²) in [5, 5.41) is 16.3. The van der Waals surface area contributed by atoms with Gasteiger partial charge in [0.2, 0.25) is 0 Å². The number of nitrogens with zero attached hydrogens (tertiary/aromatic N) is 2. The Morgan fingerprint density at radius 3 is 2.71 bits per heavy atom. The minimum atomic E-state index is -1.13. The largest absolute Gasteiger partial charge is 0.480 e. The molecular formula is C26H29ClN4O4.